The van der Waals surface area contributed by atoms with E-state index in [9.17, 15) is 9.59 Å². The van der Waals surface area contributed by atoms with E-state index in [0.29, 0.717) is 13.0 Å². The minimum absolute atomic E-state index is 0.218. The lowest BCUT2D eigenvalue weighted by atomic mass is 9.83. The molecule has 0 spiro atoms. The molecule has 31 heavy (non-hydrogen) atoms. The second kappa shape index (κ2) is 8.74. The number of hydrogen-bond acceptors (Lipinski definition) is 3. The van der Waals surface area contributed by atoms with Crippen molar-refractivity contribution < 1.29 is 9.59 Å². The molecule has 1 atom stereocenters. The van der Waals surface area contributed by atoms with Crippen LogP contribution in [0.2, 0.25) is 0 Å². The van der Waals surface area contributed by atoms with E-state index in [4.69, 9.17) is 0 Å². The number of carbonyl (C=O) groups is 2. The van der Waals surface area contributed by atoms with E-state index in [1.807, 2.05) is 84.7 Å². The van der Waals surface area contributed by atoms with Crippen LogP contribution in [0, 0.1) is 6.92 Å². The fraction of sp³-hybridized carbons (Fsp3) is 0.231. The van der Waals surface area contributed by atoms with Crippen LogP contribution in [0.1, 0.15) is 22.3 Å². The Hall–Kier alpha value is -3.44. The first-order valence-corrected chi connectivity index (χ1v) is 10.5. The largest absolute Gasteiger partial charge is 0.326 e. The molecule has 3 aromatic rings. The van der Waals surface area contributed by atoms with Gasteiger partial charge in [-0.2, -0.15) is 0 Å². The maximum atomic E-state index is 13.7. The summed E-state index contributed by atoms with van der Waals surface area (Å²) in [6.45, 7) is 2.94. The van der Waals surface area contributed by atoms with Crippen molar-refractivity contribution in [2.24, 2.45) is 0 Å². The summed E-state index contributed by atoms with van der Waals surface area (Å²) < 4.78 is 0. The SMILES string of the molecule is Cc1ccccc1CN(C)CN1C(=O)N[C@](Cc2ccccc2)(c2ccccc2)C1=O. The molecule has 4 rings (SSSR count). The molecule has 1 aliphatic heterocycles. The van der Waals surface area contributed by atoms with Gasteiger partial charge < -0.3 is 5.32 Å². The van der Waals surface area contributed by atoms with Crippen LogP contribution in [0.3, 0.4) is 0 Å². The number of rotatable bonds is 7. The lowest BCUT2D eigenvalue weighted by Gasteiger charge is -2.28. The third-order valence-corrected chi connectivity index (χ3v) is 5.84. The number of imide groups is 1. The second-order valence-corrected chi connectivity index (χ2v) is 8.18. The zero-order valence-electron chi connectivity index (χ0n) is 17.9. The first-order chi connectivity index (χ1) is 15.0. The van der Waals surface area contributed by atoms with Gasteiger partial charge >= 0.3 is 6.03 Å². The average Bonchev–Trinajstić information content (AvgIpc) is 3.01. The smallest absolute Gasteiger partial charge is 0.319 e. The van der Waals surface area contributed by atoms with Crippen LogP contribution in [-0.4, -0.2) is 35.5 Å². The van der Waals surface area contributed by atoms with Crippen molar-refractivity contribution in [3.05, 3.63) is 107 Å². The molecule has 1 fully saturated rings. The Balaban J connectivity index is 1.60. The molecule has 0 saturated carbocycles. The maximum Gasteiger partial charge on any atom is 0.326 e. The van der Waals surface area contributed by atoms with Crippen molar-refractivity contribution in [1.82, 2.24) is 15.1 Å². The van der Waals surface area contributed by atoms with Gasteiger partial charge in [-0.1, -0.05) is 84.9 Å². The fourth-order valence-corrected chi connectivity index (χ4v) is 4.17. The summed E-state index contributed by atoms with van der Waals surface area (Å²) in [7, 11) is 1.92. The summed E-state index contributed by atoms with van der Waals surface area (Å²) >= 11 is 0. The summed E-state index contributed by atoms with van der Waals surface area (Å²) in [5, 5.41) is 3.02. The maximum absolute atomic E-state index is 13.7. The first kappa shape index (κ1) is 20.8. The summed E-state index contributed by atoms with van der Waals surface area (Å²) in [5.41, 5.74) is 3.05. The Morgan fingerprint density at radius 2 is 1.48 bits per heavy atom. The van der Waals surface area contributed by atoms with Crippen LogP contribution in [-0.2, 0) is 23.3 Å². The Bertz CT molecular complexity index is 1070. The lowest BCUT2D eigenvalue weighted by Crippen LogP contribution is -2.46. The minimum Gasteiger partial charge on any atom is -0.319 e. The van der Waals surface area contributed by atoms with Gasteiger partial charge in [-0.25, -0.2) is 9.69 Å². The van der Waals surface area contributed by atoms with Gasteiger partial charge in [0.05, 0.1) is 6.67 Å². The third kappa shape index (κ3) is 4.23. The van der Waals surface area contributed by atoms with Gasteiger partial charge in [-0.3, -0.25) is 9.69 Å². The van der Waals surface area contributed by atoms with Crippen LogP contribution in [0.15, 0.2) is 84.9 Å². The monoisotopic (exact) mass is 413 g/mol. The molecule has 0 radical (unpaired) electrons. The summed E-state index contributed by atoms with van der Waals surface area (Å²) in [5.74, 6) is -0.218. The van der Waals surface area contributed by atoms with Gasteiger partial charge in [0.15, 0.2) is 5.54 Å². The summed E-state index contributed by atoms with van der Waals surface area (Å²) in [4.78, 5) is 30.0. The van der Waals surface area contributed by atoms with Crippen LogP contribution in [0.25, 0.3) is 0 Å². The Kier molecular flexibility index (Phi) is 5.87. The highest BCUT2D eigenvalue weighted by molar-refractivity contribution is 6.07. The summed E-state index contributed by atoms with van der Waals surface area (Å²) in [6.07, 6.45) is 0.403. The molecule has 3 amide bonds. The van der Waals surface area contributed by atoms with E-state index >= 15 is 0 Å². The third-order valence-electron chi connectivity index (χ3n) is 5.84. The molecule has 5 nitrogen and oxygen atoms in total. The number of benzene rings is 3. The van der Waals surface area contributed by atoms with E-state index < -0.39 is 5.54 Å². The number of urea groups is 1. The standard InChI is InChI=1S/C26H27N3O2/c1-20-11-9-10-14-22(20)18-28(2)19-29-24(30)26(27-25(29)31,23-15-7-4-8-16-23)17-21-12-5-3-6-13-21/h3-16H,17-19H2,1-2H3,(H,27,31)/t26-/m1/s1. The number of carbonyl (C=O) groups excluding carboxylic acids is 2. The van der Waals surface area contributed by atoms with Crippen LogP contribution < -0.4 is 5.32 Å². The number of nitrogens with one attached hydrogen (secondary N) is 1. The van der Waals surface area contributed by atoms with Gasteiger partial charge in [0.25, 0.3) is 5.91 Å². The van der Waals surface area contributed by atoms with E-state index in [1.54, 1.807) is 0 Å². The molecule has 0 aliphatic carbocycles. The lowest BCUT2D eigenvalue weighted by molar-refractivity contribution is -0.133. The molecular formula is C26H27N3O2. The van der Waals surface area contributed by atoms with Gasteiger partial charge in [0.2, 0.25) is 0 Å². The van der Waals surface area contributed by atoms with Gasteiger partial charge in [-0.15, -0.1) is 0 Å². The zero-order valence-corrected chi connectivity index (χ0v) is 17.9. The number of nitrogens with zero attached hydrogens (tertiary/aromatic N) is 2. The molecule has 1 aliphatic rings. The first-order valence-electron chi connectivity index (χ1n) is 10.5. The molecular weight excluding hydrogens is 386 g/mol. The topological polar surface area (TPSA) is 52.6 Å². The van der Waals surface area contributed by atoms with Crippen molar-refractivity contribution in [1.29, 1.82) is 0 Å². The zero-order chi connectivity index (χ0) is 21.8. The number of hydrogen-bond donors (Lipinski definition) is 1. The molecule has 1 saturated heterocycles. The van der Waals surface area contributed by atoms with E-state index in [0.717, 1.165) is 11.1 Å². The second-order valence-electron chi connectivity index (χ2n) is 8.18. The molecule has 158 valence electrons. The molecule has 1 N–H and O–H groups in total. The highest BCUT2D eigenvalue weighted by Crippen LogP contribution is 2.33. The van der Waals surface area contributed by atoms with Crippen molar-refractivity contribution in [2.45, 2.75) is 25.4 Å². The Morgan fingerprint density at radius 3 is 2.16 bits per heavy atom. The van der Waals surface area contributed by atoms with Crippen molar-refractivity contribution in [3.63, 3.8) is 0 Å². The molecule has 0 unspecified atom stereocenters. The van der Waals surface area contributed by atoms with E-state index in [1.165, 1.54) is 16.0 Å². The number of amides is 3. The molecule has 0 bridgehead atoms. The predicted molar refractivity (Wildman–Crippen MR) is 121 cm³/mol. The van der Waals surface area contributed by atoms with Crippen molar-refractivity contribution >= 4 is 11.9 Å². The molecule has 5 heteroatoms. The van der Waals surface area contributed by atoms with Gasteiger partial charge in [-0.05, 0) is 36.2 Å². The highest BCUT2D eigenvalue weighted by atomic mass is 16.2. The van der Waals surface area contributed by atoms with E-state index in [-0.39, 0.29) is 18.6 Å². The molecule has 3 aromatic carbocycles. The predicted octanol–water partition coefficient (Wildman–Crippen LogP) is 4.07. The Morgan fingerprint density at radius 1 is 0.871 bits per heavy atom. The van der Waals surface area contributed by atoms with Crippen LogP contribution >= 0.6 is 0 Å². The van der Waals surface area contributed by atoms with Crippen LogP contribution in [0.5, 0.6) is 0 Å². The van der Waals surface area contributed by atoms with Crippen molar-refractivity contribution in [2.75, 3.05) is 13.7 Å². The molecule has 1 heterocycles. The fourth-order valence-electron chi connectivity index (χ4n) is 4.17. The van der Waals surface area contributed by atoms with Gasteiger partial charge in [0, 0.05) is 13.0 Å². The van der Waals surface area contributed by atoms with Crippen molar-refractivity contribution in [3.8, 4) is 0 Å². The number of aryl methyl sites for hydroxylation is 1. The normalized spacial score (nSPS) is 18.5. The van der Waals surface area contributed by atoms with Crippen LogP contribution in [0.4, 0.5) is 4.79 Å². The van der Waals surface area contributed by atoms with E-state index in [2.05, 4.69) is 24.4 Å². The highest BCUT2D eigenvalue weighted by Gasteiger charge is 2.52. The quantitative estimate of drug-likeness (QED) is 0.594. The van der Waals surface area contributed by atoms with Gasteiger partial charge in [0.1, 0.15) is 0 Å². The minimum atomic E-state index is -1.11. The molecule has 0 aromatic heterocycles. The summed E-state index contributed by atoms with van der Waals surface area (Å²) in [6, 6.07) is 27.1. The average molecular weight is 414 g/mol. The Labute approximate surface area is 183 Å².